The van der Waals surface area contributed by atoms with Gasteiger partial charge in [0.1, 0.15) is 5.75 Å². The molecule has 0 aromatic heterocycles. The van der Waals surface area contributed by atoms with Crippen LogP contribution >= 0.6 is 0 Å². The molecule has 0 atom stereocenters. The van der Waals surface area contributed by atoms with Gasteiger partial charge in [-0.05, 0) is 24.6 Å². The predicted octanol–water partition coefficient (Wildman–Crippen LogP) is 2.28. The Morgan fingerprint density at radius 2 is 1.92 bits per heavy atom. The topological polar surface area (TPSA) is 33.1 Å². The summed E-state index contributed by atoms with van der Waals surface area (Å²) in [6.45, 7) is 1.81. The van der Waals surface area contributed by atoms with Gasteiger partial charge in [-0.2, -0.15) is 0 Å². The molecule has 0 heterocycles. The number of methoxy groups -OCH3 is 1. The fourth-order valence-corrected chi connectivity index (χ4v) is 1.05. The molecule has 0 saturated heterocycles. The largest absolute Gasteiger partial charge is 0.497 e. The van der Waals surface area contributed by atoms with Gasteiger partial charge in [-0.25, -0.2) is 0 Å². The second-order valence-corrected chi connectivity index (χ2v) is 2.81. The lowest BCUT2D eigenvalue weighted by atomic mass is 10.1. The van der Waals surface area contributed by atoms with Crippen molar-refractivity contribution >= 4 is 5.71 Å². The second kappa shape index (κ2) is 3.90. The molecule has 0 bridgehead atoms. The van der Waals surface area contributed by atoms with E-state index < -0.39 is 0 Å². The van der Waals surface area contributed by atoms with Gasteiger partial charge in [0.05, 0.1) is 7.11 Å². The Labute approximate surface area is 72.7 Å². The smallest absolute Gasteiger partial charge is 0.118 e. The first-order valence-corrected chi connectivity index (χ1v) is 3.89. The summed E-state index contributed by atoms with van der Waals surface area (Å²) in [5.41, 5.74) is 1.84. The third-order valence-electron chi connectivity index (χ3n) is 1.63. The van der Waals surface area contributed by atoms with Crippen LogP contribution in [0.1, 0.15) is 12.5 Å². The summed E-state index contributed by atoms with van der Waals surface area (Å²) in [7, 11) is 1.65. The van der Waals surface area contributed by atoms with Crippen molar-refractivity contribution in [3.05, 3.63) is 29.8 Å². The van der Waals surface area contributed by atoms with E-state index in [0.29, 0.717) is 5.71 Å². The average molecular weight is 163 g/mol. The fraction of sp³-hybridized carbons (Fsp3) is 0.300. The van der Waals surface area contributed by atoms with E-state index in [2.05, 4.69) is 0 Å². The van der Waals surface area contributed by atoms with Crippen LogP contribution in [-0.4, -0.2) is 12.8 Å². The normalized spacial score (nSPS) is 9.50. The van der Waals surface area contributed by atoms with Crippen LogP contribution in [0.5, 0.6) is 5.75 Å². The van der Waals surface area contributed by atoms with Crippen LogP contribution in [0.25, 0.3) is 0 Å². The van der Waals surface area contributed by atoms with Gasteiger partial charge in [-0.15, -0.1) is 0 Å². The highest BCUT2D eigenvalue weighted by atomic mass is 16.5. The molecule has 0 aliphatic heterocycles. The van der Waals surface area contributed by atoms with E-state index in [1.807, 2.05) is 31.2 Å². The van der Waals surface area contributed by atoms with Crippen molar-refractivity contribution in [2.45, 2.75) is 13.3 Å². The molecule has 0 aliphatic rings. The van der Waals surface area contributed by atoms with Crippen LogP contribution in [-0.2, 0) is 6.42 Å². The molecule has 0 radical (unpaired) electrons. The summed E-state index contributed by atoms with van der Waals surface area (Å²) in [6.07, 6.45) is 0.726. The number of ether oxygens (including phenoxy) is 1. The molecule has 0 aliphatic carbocycles. The van der Waals surface area contributed by atoms with Crippen molar-refractivity contribution in [2.75, 3.05) is 7.11 Å². The molecule has 0 unspecified atom stereocenters. The van der Waals surface area contributed by atoms with Gasteiger partial charge in [-0.3, -0.25) is 0 Å². The van der Waals surface area contributed by atoms with Crippen molar-refractivity contribution in [1.29, 1.82) is 5.41 Å². The van der Waals surface area contributed by atoms with E-state index in [1.54, 1.807) is 7.11 Å². The third-order valence-corrected chi connectivity index (χ3v) is 1.63. The summed E-state index contributed by atoms with van der Waals surface area (Å²) in [6, 6.07) is 7.80. The van der Waals surface area contributed by atoms with Gasteiger partial charge in [0.15, 0.2) is 0 Å². The van der Waals surface area contributed by atoms with Gasteiger partial charge in [-0.1, -0.05) is 12.1 Å². The zero-order valence-electron chi connectivity index (χ0n) is 7.42. The van der Waals surface area contributed by atoms with E-state index in [4.69, 9.17) is 10.1 Å². The van der Waals surface area contributed by atoms with Gasteiger partial charge in [0.25, 0.3) is 0 Å². The number of hydrogen-bond donors (Lipinski definition) is 1. The maximum atomic E-state index is 7.30. The molecular weight excluding hydrogens is 150 g/mol. The number of nitrogens with one attached hydrogen (secondary N) is 1. The quantitative estimate of drug-likeness (QED) is 0.681. The molecule has 2 heteroatoms. The first kappa shape index (κ1) is 8.78. The molecule has 12 heavy (non-hydrogen) atoms. The molecule has 0 fully saturated rings. The standard InChI is InChI=1S/C10H13NO/c1-8(11)7-9-3-5-10(12-2)6-4-9/h3-6,11H,7H2,1-2H3. The molecule has 0 saturated carbocycles. The van der Waals surface area contributed by atoms with Crippen LogP contribution in [0.2, 0.25) is 0 Å². The molecule has 1 N–H and O–H groups in total. The second-order valence-electron chi connectivity index (χ2n) is 2.81. The van der Waals surface area contributed by atoms with E-state index in [9.17, 15) is 0 Å². The Bertz CT molecular complexity index is 264. The zero-order chi connectivity index (χ0) is 8.97. The third kappa shape index (κ3) is 2.38. The molecule has 0 amide bonds. The zero-order valence-corrected chi connectivity index (χ0v) is 7.42. The van der Waals surface area contributed by atoms with Crippen LogP contribution in [0.3, 0.4) is 0 Å². The molecule has 1 aromatic carbocycles. The number of hydrogen-bond acceptors (Lipinski definition) is 2. The number of benzene rings is 1. The van der Waals surface area contributed by atoms with Crippen LogP contribution < -0.4 is 4.74 Å². The van der Waals surface area contributed by atoms with Crippen molar-refractivity contribution in [2.24, 2.45) is 0 Å². The summed E-state index contributed by atoms with van der Waals surface area (Å²) >= 11 is 0. The minimum absolute atomic E-state index is 0.681. The lowest BCUT2D eigenvalue weighted by molar-refractivity contribution is 0.414. The lowest BCUT2D eigenvalue weighted by Gasteiger charge is -2.01. The minimum atomic E-state index is 0.681. The van der Waals surface area contributed by atoms with Crippen LogP contribution in [0, 0.1) is 5.41 Å². The monoisotopic (exact) mass is 163 g/mol. The van der Waals surface area contributed by atoms with Gasteiger partial charge >= 0.3 is 0 Å². The summed E-state index contributed by atoms with van der Waals surface area (Å²) in [5.74, 6) is 0.862. The average Bonchev–Trinajstić information content (AvgIpc) is 2.05. The van der Waals surface area contributed by atoms with Crippen LogP contribution in [0.15, 0.2) is 24.3 Å². The van der Waals surface area contributed by atoms with E-state index in [1.165, 1.54) is 0 Å². The highest BCUT2D eigenvalue weighted by Gasteiger charge is 1.94. The Hall–Kier alpha value is -1.31. The summed E-state index contributed by atoms with van der Waals surface area (Å²) < 4.78 is 5.02. The minimum Gasteiger partial charge on any atom is -0.497 e. The van der Waals surface area contributed by atoms with Crippen molar-refractivity contribution in [3.8, 4) is 5.75 Å². The first-order chi connectivity index (χ1) is 5.72. The molecule has 1 aromatic rings. The Morgan fingerprint density at radius 1 is 1.33 bits per heavy atom. The maximum absolute atomic E-state index is 7.30. The Balaban J connectivity index is 2.71. The highest BCUT2D eigenvalue weighted by Crippen LogP contribution is 2.11. The SMILES string of the molecule is COc1ccc(CC(C)=N)cc1. The highest BCUT2D eigenvalue weighted by molar-refractivity contribution is 5.80. The van der Waals surface area contributed by atoms with Crippen molar-refractivity contribution in [1.82, 2.24) is 0 Å². The molecule has 0 spiro atoms. The maximum Gasteiger partial charge on any atom is 0.118 e. The first-order valence-electron chi connectivity index (χ1n) is 3.89. The molecule has 2 nitrogen and oxygen atoms in total. The van der Waals surface area contributed by atoms with Crippen molar-refractivity contribution < 1.29 is 4.74 Å². The van der Waals surface area contributed by atoms with Gasteiger partial charge < -0.3 is 10.1 Å². The molecular formula is C10H13NO. The predicted molar refractivity (Wildman–Crippen MR) is 50.1 cm³/mol. The van der Waals surface area contributed by atoms with Crippen LogP contribution in [0.4, 0.5) is 0 Å². The van der Waals surface area contributed by atoms with Gasteiger partial charge in [0.2, 0.25) is 0 Å². The number of rotatable bonds is 3. The fourth-order valence-electron chi connectivity index (χ4n) is 1.05. The molecule has 1 rings (SSSR count). The van der Waals surface area contributed by atoms with Gasteiger partial charge in [0, 0.05) is 12.1 Å². The summed E-state index contributed by atoms with van der Waals surface area (Å²) in [5, 5.41) is 7.30. The van der Waals surface area contributed by atoms with E-state index in [0.717, 1.165) is 17.7 Å². The van der Waals surface area contributed by atoms with Crippen molar-refractivity contribution in [3.63, 3.8) is 0 Å². The molecule has 64 valence electrons. The van der Waals surface area contributed by atoms with E-state index >= 15 is 0 Å². The Morgan fingerprint density at radius 3 is 2.33 bits per heavy atom. The Kier molecular flexibility index (Phi) is 2.86. The summed E-state index contributed by atoms with van der Waals surface area (Å²) in [4.78, 5) is 0. The van der Waals surface area contributed by atoms with E-state index in [-0.39, 0.29) is 0 Å². The lowest BCUT2D eigenvalue weighted by Crippen LogP contribution is -1.94.